The zero-order valence-electron chi connectivity index (χ0n) is 12.9. The maximum atomic E-state index is 13.0. The highest BCUT2D eigenvalue weighted by Crippen LogP contribution is 2.25. The summed E-state index contributed by atoms with van der Waals surface area (Å²) in [5.74, 6) is 0.130. The molecule has 2 aliphatic rings. The molecular weight excluding hydrogens is 365 g/mol. The van der Waals surface area contributed by atoms with E-state index in [4.69, 9.17) is 4.74 Å². The summed E-state index contributed by atoms with van der Waals surface area (Å²) in [6.07, 6.45) is 1.02. The molecule has 0 bridgehead atoms. The van der Waals surface area contributed by atoms with E-state index < -0.39 is 0 Å². The molecule has 0 aliphatic carbocycles. The molecule has 0 saturated carbocycles. The van der Waals surface area contributed by atoms with Crippen LogP contribution in [0, 0.1) is 5.82 Å². The van der Waals surface area contributed by atoms with Crippen LogP contribution in [0.5, 0.6) is 5.75 Å². The van der Waals surface area contributed by atoms with Crippen LogP contribution in [0.25, 0.3) is 0 Å². The monoisotopic (exact) mass is 385 g/mol. The Hall–Kier alpha value is -1.18. The molecule has 1 aromatic carbocycles. The Morgan fingerprint density at radius 2 is 2.13 bits per heavy atom. The van der Waals surface area contributed by atoms with Gasteiger partial charge in [-0.15, -0.1) is 0 Å². The van der Waals surface area contributed by atoms with Crippen LogP contribution >= 0.6 is 15.9 Å². The van der Waals surface area contributed by atoms with Gasteiger partial charge >= 0.3 is 0 Å². The number of halogens is 2. The van der Waals surface area contributed by atoms with Crippen LogP contribution in [0.3, 0.4) is 0 Å². The fourth-order valence-corrected chi connectivity index (χ4v) is 3.60. The van der Waals surface area contributed by atoms with E-state index in [1.807, 2.05) is 4.90 Å². The van der Waals surface area contributed by atoms with Crippen molar-refractivity contribution in [2.45, 2.75) is 12.5 Å². The Morgan fingerprint density at radius 3 is 2.87 bits per heavy atom. The van der Waals surface area contributed by atoms with Crippen molar-refractivity contribution in [2.75, 3.05) is 45.9 Å². The van der Waals surface area contributed by atoms with Crippen LogP contribution in [0.1, 0.15) is 6.42 Å². The third kappa shape index (κ3) is 4.22. The van der Waals surface area contributed by atoms with Crippen molar-refractivity contribution in [3.8, 4) is 5.75 Å². The number of hydrogen-bond donors (Lipinski definition) is 1. The van der Waals surface area contributed by atoms with Crippen LogP contribution in [0.2, 0.25) is 0 Å². The lowest BCUT2D eigenvalue weighted by atomic mass is 10.2. The van der Waals surface area contributed by atoms with Crippen molar-refractivity contribution in [1.82, 2.24) is 15.1 Å². The summed E-state index contributed by atoms with van der Waals surface area (Å²) in [5.41, 5.74) is 0. The SMILES string of the molecule is O=C(COc1ccc(F)cc1Br)N1CCC(N2CCNCC2)C1. The van der Waals surface area contributed by atoms with Gasteiger partial charge in [-0.1, -0.05) is 0 Å². The van der Waals surface area contributed by atoms with Crippen molar-refractivity contribution >= 4 is 21.8 Å². The first-order valence-corrected chi connectivity index (χ1v) is 8.73. The minimum absolute atomic E-state index is 0.0149. The fourth-order valence-electron chi connectivity index (χ4n) is 3.14. The van der Waals surface area contributed by atoms with E-state index in [0.29, 0.717) is 16.3 Å². The van der Waals surface area contributed by atoms with Gasteiger partial charge < -0.3 is 15.0 Å². The van der Waals surface area contributed by atoms with E-state index in [1.165, 1.54) is 18.2 Å². The number of ether oxygens (including phenoxy) is 1. The summed E-state index contributed by atoms with van der Waals surface area (Å²) in [6, 6.07) is 4.63. The van der Waals surface area contributed by atoms with Gasteiger partial charge in [0.05, 0.1) is 4.47 Å². The molecule has 2 heterocycles. The first-order valence-electron chi connectivity index (χ1n) is 7.94. The van der Waals surface area contributed by atoms with E-state index in [1.54, 1.807) is 0 Å². The molecule has 0 spiro atoms. The maximum Gasteiger partial charge on any atom is 0.260 e. The highest BCUT2D eigenvalue weighted by molar-refractivity contribution is 9.10. The van der Waals surface area contributed by atoms with E-state index >= 15 is 0 Å². The second-order valence-corrected chi connectivity index (χ2v) is 6.79. The largest absolute Gasteiger partial charge is 0.483 e. The number of nitrogens with zero attached hydrogens (tertiary/aromatic N) is 2. The molecule has 1 aromatic rings. The highest BCUT2D eigenvalue weighted by atomic mass is 79.9. The van der Waals surface area contributed by atoms with Crippen molar-refractivity contribution < 1.29 is 13.9 Å². The number of amides is 1. The standard InChI is InChI=1S/C16H21BrFN3O2/c17-14-9-12(18)1-2-15(14)23-11-16(22)21-6-3-13(10-21)20-7-4-19-5-8-20/h1-2,9,13,19H,3-8,10-11H2. The van der Waals surface area contributed by atoms with Gasteiger partial charge in [0.25, 0.3) is 5.91 Å². The number of likely N-dealkylation sites (tertiary alicyclic amines) is 1. The van der Waals surface area contributed by atoms with Gasteiger partial charge in [0.2, 0.25) is 0 Å². The molecule has 7 heteroatoms. The Balaban J connectivity index is 1.49. The van der Waals surface area contributed by atoms with Crippen LogP contribution in [-0.2, 0) is 4.79 Å². The van der Waals surface area contributed by atoms with E-state index in [0.717, 1.165) is 45.7 Å². The van der Waals surface area contributed by atoms with E-state index in [-0.39, 0.29) is 18.3 Å². The summed E-state index contributed by atoms with van der Waals surface area (Å²) in [6.45, 7) is 5.67. The average molecular weight is 386 g/mol. The lowest BCUT2D eigenvalue weighted by Crippen LogP contribution is -2.49. The zero-order valence-corrected chi connectivity index (χ0v) is 14.5. The second-order valence-electron chi connectivity index (χ2n) is 5.93. The van der Waals surface area contributed by atoms with Gasteiger partial charge in [-0.25, -0.2) is 4.39 Å². The third-order valence-corrected chi connectivity index (χ3v) is 5.05. The molecule has 2 fully saturated rings. The third-order valence-electron chi connectivity index (χ3n) is 4.43. The topological polar surface area (TPSA) is 44.8 Å². The first kappa shape index (κ1) is 16.7. The Kier molecular flexibility index (Phi) is 5.50. The van der Waals surface area contributed by atoms with Crippen molar-refractivity contribution in [1.29, 1.82) is 0 Å². The predicted octanol–water partition coefficient (Wildman–Crippen LogP) is 1.47. The minimum Gasteiger partial charge on any atom is -0.483 e. The summed E-state index contributed by atoms with van der Waals surface area (Å²) in [5, 5.41) is 3.35. The molecule has 23 heavy (non-hydrogen) atoms. The van der Waals surface area contributed by atoms with Gasteiger partial charge in [0.1, 0.15) is 11.6 Å². The number of carbonyl (C=O) groups is 1. The minimum atomic E-state index is -0.339. The molecule has 2 saturated heterocycles. The van der Waals surface area contributed by atoms with Crippen molar-refractivity contribution in [3.63, 3.8) is 0 Å². The van der Waals surface area contributed by atoms with Gasteiger partial charge in [-0.2, -0.15) is 0 Å². The second kappa shape index (κ2) is 7.59. The highest BCUT2D eigenvalue weighted by Gasteiger charge is 2.30. The van der Waals surface area contributed by atoms with Crippen LogP contribution in [0.4, 0.5) is 4.39 Å². The van der Waals surface area contributed by atoms with Gasteiger partial charge in [-0.3, -0.25) is 9.69 Å². The fraction of sp³-hybridized carbons (Fsp3) is 0.562. The van der Waals surface area contributed by atoms with Gasteiger partial charge in [-0.05, 0) is 40.5 Å². The van der Waals surface area contributed by atoms with Gasteiger partial charge in [0, 0.05) is 45.3 Å². The normalized spacial score (nSPS) is 22.3. The Bertz CT molecular complexity index is 566. The zero-order chi connectivity index (χ0) is 16.2. The number of hydrogen-bond acceptors (Lipinski definition) is 4. The number of rotatable bonds is 4. The Labute approximate surface area is 143 Å². The molecule has 126 valence electrons. The van der Waals surface area contributed by atoms with Crippen molar-refractivity contribution in [3.05, 3.63) is 28.5 Å². The predicted molar refractivity (Wildman–Crippen MR) is 89.0 cm³/mol. The molecule has 1 N–H and O–H groups in total. The molecule has 3 rings (SSSR count). The molecule has 0 aromatic heterocycles. The first-order chi connectivity index (χ1) is 11.1. The van der Waals surface area contributed by atoms with Crippen LogP contribution < -0.4 is 10.1 Å². The molecule has 1 amide bonds. The molecule has 1 atom stereocenters. The van der Waals surface area contributed by atoms with E-state index in [2.05, 4.69) is 26.1 Å². The number of carbonyl (C=O) groups excluding carboxylic acids is 1. The van der Waals surface area contributed by atoms with E-state index in [9.17, 15) is 9.18 Å². The summed E-state index contributed by atoms with van der Waals surface area (Å²) < 4.78 is 19.1. The quantitative estimate of drug-likeness (QED) is 0.852. The molecule has 1 unspecified atom stereocenters. The summed E-state index contributed by atoms with van der Waals surface area (Å²) in [4.78, 5) is 16.6. The molecule has 5 nitrogen and oxygen atoms in total. The average Bonchev–Trinajstić information content (AvgIpc) is 3.05. The molecule has 2 aliphatic heterocycles. The Morgan fingerprint density at radius 1 is 1.35 bits per heavy atom. The molecule has 0 radical (unpaired) electrons. The van der Waals surface area contributed by atoms with Crippen molar-refractivity contribution in [2.24, 2.45) is 0 Å². The summed E-state index contributed by atoms with van der Waals surface area (Å²) in [7, 11) is 0. The van der Waals surface area contributed by atoms with Crippen LogP contribution in [0.15, 0.2) is 22.7 Å². The summed E-state index contributed by atoms with van der Waals surface area (Å²) >= 11 is 3.24. The number of nitrogens with one attached hydrogen (secondary N) is 1. The smallest absolute Gasteiger partial charge is 0.260 e. The lowest BCUT2D eigenvalue weighted by molar-refractivity contribution is -0.132. The maximum absolute atomic E-state index is 13.0. The number of benzene rings is 1. The van der Waals surface area contributed by atoms with Crippen LogP contribution in [-0.4, -0.2) is 67.6 Å². The molecular formula is C16H21BrFN3O2. The lowest BCUT2D eigenvalue weighted by Gasteiger charge is -2.32. The van der Waals surface area contributed by atoms with Gasteiger partial charge in [0.15, 0.2) is 6.61 Å². The number of piperazine rings is 1.